The van der Waals surface area contributed by atoms with E-state index in [2.05, 4.69) is 16.7 Å². The highest BCUT2D eigenvalue weighted by molar-refractivity contribution is 7.98. The van der Waals surface area contributed by atoms with Crippen LogP contribution in [-0.4, -0.2) is 57.9 Å². The summed E-state index contributed by atoms with van der Waals surface area (Å²) < 4.78 is 30.4. The van der Waals surface area contributed by atoms with E-state index in [1.807, 2.05) is 6.26 Å². The summed E-state index contributed by atoms with van der Waals surface area (Å²) in [5.74, 6) is -0.308. The largest absolute Gasteiger partial charge is 0.341 e. The van der Waals surface area contributed by atoms with E-state index < -0.39 is 22.9 Å². The number of nitrogens with zero attached hydrogens (tertiary/aromatic N) is 5. The third-order valence-electron chi connectivity index (χ3n) is 7.14. The second-order valence-electron chi connectivity index (χ2n) is 9.28. The molecule has 0 amide bonds. The van der Waals surface area contributed by atoms with Crippen molar-refractivity contribution in [3.63, 3.8) is 0 Å². The minimum atomic E-state index is -0.808. The van der Waals surface area contributed by atoms with Crippen LogP contribution in [0.1, 0.15) is 32.6 Å². The van der Waals surface area contributed by atoms with Crippen molar-refractivity contribution in [3.05, 3.63) is 52.3 Å². The molecule has 4 heterocycles. The van der Waals surface area contributed by atoms with Gasteiger partial charge in [-0.2, -0.15) is 4.98 Å². The summed E-state index contributed by atoms with van der Waals surface area (Å²) in [5.41, 5.74) is -0.725. The summed E-state index contributed by atoms with van der Waals surface area (Å²) >= 11 is 1.43. The maximum Gasteiger partial charge on any atom is 0.256 e. The number of benzene rings is 1. The minimum absolute atomic E-state index is 0.220. The van der Waals surface area contributed by atoms with Gasteiger partial charge in [-0.15, -0.1) is 11.8 Å². The zero-order chi connectivity index (χ0) is 23.8. The van der Waals surface area contributed by atoms with Gasteiger partial charge in [0, 0.05) is 25.2 Å². The molecule has 0 spiro atoms. The molecule has 34 heavy (non-hydrogen) atoms. The normalized spacial score (nSPS) is 18.6. The Balaban J connectivity index is 1.50. The molecule has 0 bridgehead atoms. The lowest BCUT2D eigenvalue weighted by Gasteiger charge is -2.41. The first-order valence-electron chi connectivity index (χ1n) is 11.9. The van der Waals surface area contributed by atoms with Crippen LogP contribution in [0.4, 0.5) is 14.7 Å². The van der Waals surface area contributed by atoms with E-state index in [0.29, 0.717) is 22.4 Å². The van der Waals surface area contributed by atoms with Crippen molar-refractivity contribution in [2.45, 2.75) is 43.7 Å². The molecular formula is C25H29F2N5OS. The predicted octanol–water partition coefficient (Wildman–Crippen LogP) is 4.48. The third kappa shape index (κ3) is 4.31. The third-order valence-corrected chi connectivity index (χ3v) is 7.84. The van der Waals surface area contributed by atoms with Gasteiger partial charge in [-0.25, -0.2) is 13.8 Å². The van der Waals surface area contributed by atoms with Crippen molar-refractivity contribution in [1.29, 1.82) is 0 Å². The molecule has 2 saturated heterocycles. The maximum atomic E-state index is 14.7. The van der Waals surface area contributed by atoms with Crippen molar-refractivity contribution >= 4 is 28.7 Å². The number of hydrogen-bond acceptors (Lipinski definition) is 6. The van der Waals surface area contributed by atoms with Gasteiger partial charge in [0.1, 0.15) is 22.3 Å². The van der Waals surface area contributed by atoms with Gasteiger partial charge in [-0.05, 0) is 69.1 Å². The van der Waals surface area contributed by atoms with Crippen molar-refractivity contribution in [1.82, 2.24) is 19.4 Å². The fourth-order valence-corrected chi connectivity index (χ4v) is 5.67. The van der Waals surface area contributed by atoms with Gasteiger partial charge in [-0.3, -0.25) is 9.36 Å². The minimum Gasteiger partial charge on any atom is -0.341 e. The molecule has 0 unspecified atom stereocenters. The highest BCUT2D eigenvalue weighted by Crippen LogP contribution is 2.30. The number of pyridine rings is 1. The number of hydrogen-bond donors (Lipinski definition) is 0. The van der Waals surface area contributed by atoms with Crippen LogP contribution < -0.4 is 10.5 Å². The van der Waals surface area contributed by atoms with Gasteiger partial charge in [0.05, 0.1) is 5.39 Å². The summed E-state index contributed by atoms with van der Waals surface area (Å²) in [4.78, 5) is 27.0. The molecule has 1 aromatic carbocycles. The van der Waals surface area contributed by atoms with Gasteiger partial charge in [-0.1, -0.05) is 13.0 Å². The van der Waals surface area contributed by atoms with Crippen LogP contribution in [0.3, 0.4) is 0 Å². The topological polar surface area (TPSA) is 54.3 Å². The molecule has 0 atom stereocenters. The predicted molar refractivity (Wildman–Crippen MR) is 132 cm³/mol. The lowest BCUT2D eigenvalue weighted by molar-refractivity contribution is 0.120. The molecule has 2 aromatic heterocycles. The fraction of sp³-hybridized carbons (Fsp3) is 0.480. The summed E-state index contributed by atoms with van der Waals surface area (Å²) in [7, 11) is 0. The highest BCUT2D eigenvalue weighted by Gasteiger charge is 2.29. The second kappa shape index (κ2) is 9.62. The van der Waals surface area contributed by atoms with E-state index in [1.54, 1.807) is 6.07 Å². The Morgan fingerprint density at radius 1 is 0.941 bits per heavy atom. The number of anilines is 1. The van der Waals surface area contributed by atoms with Crippen LogP contribution in [0.2, 0.25) is 0 Å². The van der Waals surface area contributed by atoms with Gasteiger partial charge >= 0.3 is 0 Å². The summed E-state index contributed by atoms with van der Waals surface area (Å²) in [6.45, 7) is 6.26. The Hall–Kier alpha value is -2.52. The van der Waals surface area contributed by atoms with Crippen LogP contribution >= 0.6 is 11.8 Å². The number of aromatic nitrogens is 3. The molecule has 0 aliphatic carbocycles. The lowest BCUT2D eigenvalue weighted by Crippen LogP contribution is -2.48. The van der Waals surface area contributed by atoms with E-state index >= 15 is 0 Å². The van der Waals surface area contributed by atoms with Crippen molar-refractivity contribution in [3.8, 4) is 5.69 Å². The summed E-state index contributed by atoms with van der Waals surface area (Å²) in [6, 6.07) is 7.08. The van der Waals surface area contributed by atoms with E-state index in [9.17, 15) is 13.6 Å². The average Bonchev–Trinajstić information content (AvgIpc) is 2.85. The zero-order valence-corrected chi connectivity index (χ0v) is 20.3. The van der Waals surface area contributed by atoms with Crippen LogP contribution in [0, 0.1) is 17.6 Å². The monoisotopic (exact) mass is 485 g/mol. The van der Waals surface area contributed by atoms with Gasteiger partial charge < -0.3 is 9.80 Å². The van der Waals surface area contributed by atoms with E-state index in [4.69, 9.17) is 9.97 Å². The van der Waals surface area contributed by atoms with Gasteiger partial charge in [0.25, 0.3) is 5.56 Å². The molecule has 0 radical (unpaired) electrons. The zero-order valence-electron chi connectivity index (χ0n) is 19.5. The maximum absolute atomic E-state index is 14.7. The molecule has 2 aliphatic heterocycles. The van der Waals surface area contributed by atoms with Gasteiger partial charge in [0.2, 0.25) is 5.95 Å². The summed E-state index contributed by atoms with van der Waals surface area (Å²) in [5, 5.41) is 1.27. The number of likely N-dealkylation sites (tertiary alicyclic amines) is 1. The molecule has 2 fully saturated rings. The SMILES string of the molecule is CSc1nc(N2CCC(N3CCC(C)CC3)CC2)nc2c1ccc(=O)n2-c1c(F)cccc1F. The van der Waals surface area contributed by atoms with E-state index in [1.165, 1.54) is 36.7 Å². The molecule has 3 aromatic rings. The van der Waals surface area contributed by atoms with E-state index in [-0.39, 0.29) is 5.65 Å². The van der Waals surface area contributed by atoms with Crippen molar-refractivity contribution < 1.29 is 8.78 Å². The first-order valence-corrected chi connectivity index (χ1v) is 13.1. The molecule has 0 saturated carbocycles. The Labute approximate surface area is 202 Å². The Morgan fingerprint density at radius 3 is 2.26 bits per heavy atom. The van der Waals surface area contributed by atoms with Crippen LogP contribution in [0.5, 0.6) is 0 Å². The first kappa shape index (κ1) is 23.2. The Kier molecular flexibility index (Phi) is 6.57. The van der Waals surface area contributed by atoms with Crippen LogP contribution in [0.15, 0.2) is 40.2 Å². The van der Waals surface area contributed by atoms with Crippen molar-refractivity contribution in [2.24, 2.45) is 5.92 Å². The van der Waals surface area contributed by atoms with Crippen LogP contribution in [-0.2, 0) is 0 Å². The fourth-order valence-electron chi connectivity index (χ4n) is 5.12. The molecule has 180 valence electrons. The number of piperidine rings is 2. The average molecular weight is 486 g/mol. The number of para-hydroxylation sites is 1. The van der Waals surface area contributed by atoms with E-state index in [0.717, 1.165) is 61.6 Å². The molecule has 0 N–H and O–H groups in total. The molecule has 2 aliphatic rings. The molecule has 9 heteroatoms. The van der Waals surface area contributed by atoms with Crippen molar-refractivity contribution in [2.75, 3.05) is 37.3 Å². The smallest absolute Gasteiger partial charge is 0.256 e. The molecule has 6 nitrogen and oxygen atoms in total. The number of rotatable bonds is 4. The molecular weight excluding hydrogens is 456 g/mol. The second-order valence-corrected chi connectivity index (χ2v) is 10.1. The number of fused-ring (bicyclic) bond motifs is 1. The number of halogens is 2. The standard InChI is InChI=1S/C25H29F2N5OS/c1-16-8-12-30(13-9-16)17-10-14-31(15-11-17)25-28-23-18(24(29-25)34-2)6-7-21(33)32(23)22-19(26)4-3-5-20(22)27/h3-7,16-17H,8-15H2,1-2H3. The quantitative estimate of drug-likeness (QED) is 0.401. The Morgan fingerprint density at radius 2 is 1.62 bits per heavy atom. The summed E-state index contributed by atoms with van der Waals surface area (Å²) in [6.07, 6.45) is 6.46. The Bertz CT molecular complexity index is 1230. The first-order chi connectivity index (χ1) is 16.5. The van der Waals surface area contributed by atoms with Crippen LogP contribution in [0.25, 0.3) is 16.7 Å². The number of thioether (sulfide) groups is 1. The lowest BCUT2D eigenvalue weighted by atomic mass is 9.95. The van der Waals surface area contributed by atoms with Gasteiger partial charge in [0.15, 0.2) is 5.65 Å². The molecule has 5 rings (SSSR count). The highest BCUT2D eigenvalue weighted by atomic mass is 32.2.